The SMILES string of the molecule is COc1ccc(CN(C)C(=O)c2ccc(=O)[nH]n2)cc1. The van der Waals surface area contributed by atoms with Crippen molar-refractivity contribution < 1.29 is 9.53 Å². The van der Waals surface area contributed by atoms with Gasteiger partial charge in [-0.1, -0.05) is 12.1 Å². The van der Waals surface area contributed by atoms with Gasteiger partial charge in [0.05, 0.1) is 7.11 Å². The van der Waals surface area contributed by atoms with E-state index in [1.807, 2.05) is 24.3 Å². The summed E-state index contributed by atoms with van der Waals surface area (Å²) in [5.74, 6) is 0.516. The molecule has 2 aromatic rings. The molecule has 0 saturated heterocycles. The van der Waals surface area contributed by atoms with Gasteiger partial charge in [0.15, 0.2) is 0 Å². The van der Waals surface area contributed by atoms with Crippen LogP contribution >= 0.6 is 0 Å². The highest BCUT2D eigenvalue weighted by Crippen LogP contribution is 2.13. The molecule has 2 rings (SSSR count). The molecule has 1 N–H and O–H groups in total. The van der Waals surface area contributed by atoms with Gasteiger partial charge in [-0.2, -0.15) is 5.10 Å². The lowest BCUT2D eigenvalue weighted by Gasteiger charge is -2.16. The first-order chi connectivity index (χ1) is 9.60. The summed E-state index contributed by atoms with van der Waals surface area (Å²) in [4.78, 5) is 24.5. The lowest BCUT2D eigenvalue weighted by Crippen LogP contribution is -2.28. The van der Waals surface area contributed by atoms with Crippen LogP contribution in [0.2, 0.25) is 0 Å². The van der Waals surface area contributed by atoms with Crippen molar-refractivity contribution in [1.82, 2.24) is 15.1 Å². The third-order valence-electron chi connectivity index (χ3n) is 2.82. The molecule has 0 fully saturated rings. The molecule has 6 heteroatoms. The van der Waals surface area contributed by atoms with Crippen LogP contribution in [0, 0.1) is 0 Å². The van der Waals surface area contributed by atoms with Crippen LogP contribution in [0.25, 0.3) is 0 Å². The largest absolute Gasteiger partial charge is 0.497 e. The fraction of sp³-hybridized carbons (Fsp3) is 0.214. The number of ether oxygens (including phenoxy) is 1. The molecule has 0 aliphatic carbocycles. The van der Waals surface area contributed by atoms with E-state index < -0.39 is 0 Å². The van der Waals surface area contributed by atoms with Crippen molar-refractivity contribution in [3.63, 3.8) is 0 Å². The number of carbonyl (C=O) groups excluding carboxylic acids is 1. The summed E-state index contributed by atoms with van der Waals surface area (Å²) < 4.78 is 5.08. The second kappa shape index (κ2) is 6.01. The number of aromatic amines is 1. The molecule has 0 aliphatic rings. The maximum absolute atomic E-state index is 12.1. The van der Waals surface area contributed by atoms with E-state index in [2.05, 4.69) is 10.2 Å². The average molecular weight is 273 g/mol. The van der Waals surface area contributed by atoms with Crippen molar-refractivity contribution in [2.45, 2.75) is 6.54 Å². The summed E-state index contributed by atoms with van der Waals surface area (Å²) in [6.45, 7) is 0.448. The van der Waals surface area contributed by atoms with Crippen LogP contribution in [0.4, 0.5) is 0 Å². The number of amides is 1. The van der Waals surface area contributed by atoms with Crippen LogP contribution in [0.1, 0.15) is 16.1 Å². The summed E-state index contributed by atoms with van der Waals surface area (Å²) in [6, 6.07) is 10.1. The number of aromatic nitrogens is 2. The van der Waals surface area contributed by atoms with Crippen molar-refractivity contribution in [2.24, 2.45) is 0 Å². The van der Waals surface area contributed by atoms with Gasteiger partial charge in [0.25, 0.3) is 11.5 Å². The van der Waals surface area contributed by atoms with Crippen molar-refractivity contribution in [1.29, 1.82) is 0 Å². The number of hydrogen-bond donors (Lipinski definition) is 1. The Balaban J connectivity index is 2.06. The van der Waals surface area contributed by atoms with E-state index in [1.165, 1.54) is 17.0 Å². The first-order valence-corrected chi connectivity index (χ1v) is 6.04. The van der Waals surface area contributed by atoms with Crippen LogP contribution in [0.15, 0.2) is 41.2 Å². The van der Waals surface area contributed by atoms with Gasteiger partial charge in [0, 0.05) is 19.7 Å². The Bertz CT molecular complexity index is 629. The van der Waals surface area contributed by atoms with Gasteiger partial charge >= 0.3 is 0 Å². The molecule has 20 heavy (non-hydrogen) atoms. The number of rotatable bonds is 4. The highest BCUT2D eigenvalue weighted by molar-refractivity contribution is 5.91. The minimum atomic E-state index is -0.334. The topological polar surface area (TPSA) is 75.3 Å². The van der Waals surface area contributed by atoms with Gasteiger partial charge in [-0.05, 0) is 23.8 Å². The standard InChI is InChI=1S/C14H15N3O3/c1-17(9-10-3-5-11(20-2)6-4-10)14(19)12-7-8-13(18)16-15-12/h3-8H,9H2,1-2H3,(H,16,18). The van der Waals surface area contributed by atoms with E-state index in [9.17, 15) is 9.59 Å². The Kier molecular flexibility index (Phi) is 4.14. The smallest absolute Gasteiger partial charge is 0.274 e. The number of H-pyrrole nitrogens is 1. The highest BCUT2D eigenvalue weighted by atomic mass is 16.5. The summed E-state index contributed by atoms with van der Waals surface area (Å²) in [5.41, 5.74) is 0.853. The molecule has 0 bridgehead atoms. The number of hydrogen-bond acceptors (Lipinski definition) is 4. The summed E-state index contributed by atoms with van der Waals surface area (Å²) >= 11 is 0. The molecule has 0 saturated carbocycles. The van der Waals surface area contributed by atoms with Gasteiger partial charge < -0.3 is 9.64 Å². The van der Waals surface area contributed by atoms with E-state index in [1.54, 1.807) is 14.2 Å². The number of methoxy groups -OCH3 is 1. The highest BCUT2D eigenvalue weighted by Gasteiger charge is 2.13. The normalized spacial score (nSPS) is 10.1. The Hall–Kier alpha value is -2.63. The molecule has 6 nitrogen and oxygen atoms in total. The van der Waals surface area contributed by atoms with Crippen LogP contribution in [-0.4, -0.2) is 35.2 Å². The molecular weight excluding hydrogens is 258 g/mol. The number of benzene rings is 1. The Morgan fingerprint density at radius 3 is 2.50 bits per heavy atom. The molecule has 1 aromatic heterocycles. The summed E-state index contributed by atoms with van der Waals surface area (Å²) in [5, 5.41) is 5.96. The van der Waals surface area contributed by atoms with Crippen LogP contribution < -0.4 is 10.3 Å². The van der Waals surface area contributed by atoms with Gasteiger partial charge in [0.1, 0.15) is 11.4 Å². The zero-order valence-electron chi connectivity index (χ0n) is 11.3. The molecule has 1 aromatic carbocycles. The lowest BCUT2D eigenvalue weighted by molar-refractivity contribution is 0.0778. The fourth-order valence-corrected chi connectivity index (χ4v) is 1.74. The van der Waals surface area contributed by atoms with E-state index in [0.717, 1.165) is 11.3 Å². The molecule has 0 atom stereocenters. The summed E-state index contributed by atoms with van der Waals surface area (Å²) in [6.07, 6.45) is 0. The molecule has 0 spiro atoms. The van der Waals surface area contributed by atoms with Crippen molar-refractivity contribution in [3.05, 3.63) is 58.0 Å². The molecule has 0 aliphatic heterocycles. The minimum absolute atomic E-state index is 0.209. The third kappa shape index (κ3) is 3.23. The van der Waals surface area contributed by atoms with Crippen molar-refractivity contribution in [3.8, 4) is 5.75 Å². The molecule has 104 valence electrons. The molecule has 1 heterocycles. The molecule has 0 unspecified atom stereocenters. The maximum atomic E-state index is 12.1. The van der Waals surface area contributed by atoms with Gasteiger partial charge in [-0.3, -0.25) is 9.59 Å². The maximum Gasteiger partial charge on any atom is 0.274 e. The summed E-state index contributed by atoms with van der Waals surface area (Å²) in [7, 11) is 3.28. The zero-order chi connectivity index (χ0) is 14.5. The lowest BCUT2D eigenvalue weighted by atomic mass is 10.2. The van der Waals surface area contributed by atoms with E-state index in [0.29, 0.717) is 6.54 Å². The van der Waals surface area contributed by atoms with Crippen LogP contribution in [0.3, 0.4) is 0 Å². The van der Waals surface area contributed by atoms with Gasteiger partial charge in [-0.15, -0.1) is 0 Å². The predicted octanol–water partition coefficient (Wildman–Crippen LogP) is 1.05. The van der Waals surface area contributed by atoms with Crippen molar-refractivity contribution in [2.75, 3.05) is 14.2 Å². The van der Waals surface area contributed by atoms with Gasteiger partial charge in [0.2, 0.25) is 0 Å². The second-order valence-electron chi connectivity index (χ2n) is 4.32. The predicted molar refractivity (Wildman–Crippen MR) is 73.6 cm³/mol. The Morgan fingerprint density at radius 1 is 1.25 bits per heavy atom. The first-order valence-electron chi connectivity index (χ1n) is 6.04. The fourth-order valence-electron chi connectivity index (χ4n) is 1.74. The number of carbonyl (C=O) groups is 1. The first kappa shape index (κ1) is 13.8. The van der Waals surface area contributed by atoms with Crippen LogP contribution in [0.5, 0.6) is 5.75 Å². The Labute approximate surface area is 116 Å². The van der Waals surface area contributed by atoms with Crippen LogP contribution in [-0.2, 0) is 6.54 Å². The molecular formula is C14H15N3O3. The average Bonchev–Trinajstić information content (AvgIpc) is 2.48. The molecule has 0 radical (unpaired) electrons. The quantitative estimate of drug-likeness (QED) is 0.903. The molecule has 1 amide bonds. The van der Waals surface area contributed by atoms with Crippen molar-refractivity contribution >= 4 is 5.91 Å². The van der Waals surface area contributed by atoms with E-state index in [-0.39, 0.29) is 17.2 Å². The third-order valence-corrected chi connectivity index (χ3v) is 2.82. The zero-order valence-corrected chi connectivity index (χ0v) is 11.3. The number of nitrogens with zero attached hydrogens (tertiary/aromatic N) is 2. The minimum Gasteiger partial charge on any atom is -0.497 e. The monoisotopic (exact) mass is 273 g/mol. The van der Waals surface area contributed by atoms with Gasteiger partial charge in [-0.25, -0.2) is 5.10 Å². The number of nitrogens with one attached hydrogen (secondary N) is 1. The van der Waals surface area contributed by atoms with E-state index >= 15 is 0 Å². The van der Waals surface area contributed by atoms with E-state index in [4.69, 9.17) is 4.74 Å². The Morgan fingerprint density at radius 2 is 1.95 bits per heavy atom. The second-order valence-corrected chi connectivity index (χ2v) is 4.32.